The molecule has 0 bridgehead atoms. The highest BCUT2D eigenvalue weighted by Crippen LogP contribution is 2.28. The molecule has 5 nitrogen and oxygen atoms in total. The Bertz CT molecular complexity index is 503. The van der Waals surface area contributed by atoms with E-state index >= 15 is 0 Å². The van der Waals surface area contributed by atoms with Crippen molar-refractivity contribution in [3.8, 4) is 0 Å². The van der Waals surface area contributed by atoms with Gasteiger partial charge in [0, 0.05) is 31.6 Å². The molecule has 2 aliphatic rings. The van der Waals surface area contributed by atoms with Gasteiger partial charge in [-0.3, -0.25) is 14.8 Å². The first-order valence-electron chi connectivity index (χ1n) is 9.45. The third-order valence-electron chi connectivity index (χ3n) is 5.39. The zero-order valence-corrected chi connectivity index (χ0v) is 14.5. The molecule has 1 aliphatic heterocycles. The number of rotatable bonds is 6. The highest BCUT2D eigenvalue weighted by molar-refractivity contribution is 5.76. The number of ether oxygens (including phenoxy) is 1. The van der Waals surface area contributed by atoms with Gasteiger partial charge in [0.25, 0.3) is 0 Å². The second-order valence-electron chi connectivity index (χ2n) is 7.09. The normalized spacial score (nSPS) is 22.5. The molecule has 3 rings (SSSR count). The summed E-state index contributed by atoms with van der Waals surface area (Å²) in [6, 6.07) is 0.180. The number of amides is 1. The van der Waals surface area contributed by atoms with Crippen molar-refractivity contribution in [2.45, 2.75) is 63.8 Å². The van der Waals surface area contributed by atoms with Crippen molar-refractivity contribution in [1.82, 2.24) is 14.9 Å². The van der Waals surface area contributed by atoms with Gasteiger partial charge in [0.15, 0.2) is 0 Å². The average Bonchev–Trinajstić information content (AvgIpc) is 2.66. The van der Waals surface area contributed by atoms with Gasteiger partial charge < -0.3 is 9.64 Å². The minimum atomic E-state index is 0.180. The van der Waals surface area contributed by atoms with Gasteiger partial charge in [0.1, 0.15) is 0 Å². The summed E-state index contributed by atoms with van der Waals surface area (Å²) in [5.74, 6) is 1.08. The Kier molecular flexibility index (Phi) is 6.58. The van der Waals surface area contributed by atoms with E-state index in [0.717, 1.165) is 37.4 Å². The van der Waals surface area contributed by atoms with Crippen LogP contribution in [-0.4, -0.2) is 46.6 Å². The zero-order chi connectivity index (χ0) is 16.6. The molecule has 132 valence electrons. The Morgan fingerprint density at radius 3 is 2.88 bits per heavy atom. The van der Waals surface area contributed by atoms with Crippen molar-refractivity contribution >= 4 is 5.91 Å². The van der Waals surface area contributed by atoms with Crippen molar-refractivity contribution in [3.05, 3.63) is 24.3 Å². The molecule has 0 N–H and O–H groups in total. The van der Waals surface area contributed by atoms with Crippen LogP contribution in [0.4, 0.5) is 0 Å². The molecular formula is C19H29N3O2. The summed E-state index contributed by atoms with van der Waals surface area (Å²) in [4.78, 5) is 23.2. The van der Waals surface area contributed by atoms with E-state index in [4.69, 9.17) is 4.74 Å². The summed E-state index contributed by atoms with van der Waals surface area (Å²) in [5, 5.41) is 0. The molecule has 0 aromatic carbocycles. The molecule has 0 unspecified atom stereocenters. The number of nitrogens with zero attached hydrogens (tertiary/aromatic N) is 3. The average molecular weight is 331 g/mol. The van der Waals surface area contributed by atoms with E-state index in [9.17, 15) is 4.79 Å². The van der Waals surface area contributed by atoms with Gasteiger partial charge in [-0.25, -0.2) is 0 Å². The molecule has 1 amide bonds. The number of carbonyl (C=O) groups excluding carboxylic acids is 1. The van der Waals surface area contributed by atoms with Gasteiger partial charge in [-0.2, -0.15) is 0 Å². The van der Waals surface area contributed by atoms with E-state index in [1.807, 2.05) is 0 Å². The molecule has 1 atom stereocenters. The molecule has 1 aromatic rings. The predicted molar refractivity (Wildman–Crippen MR) is 92.5 cm³/mol. The van der Waals surface area contributed by atoms with Gasteiger partial charge >= 0.3 is 0 Å². The maximum absolute atomic E-state index is 12.7. The minimum Gasteiger partial charge on any atom is -0.377 e. The van der Waals surface area contributed by atoms with E-state index in [0.29, 0.717) is 25.5 Å². The van der Waals surface area contributed by atoms with E-state index in [2.05, 4.69) is 14.9 Å². The molecular weight excluding hydrogens is 302 g/mol. The Hall–Kier alpha value is -1.49. The van der Waals surface area contributed by atoms with Crippen LogP contribution in [0.2, 0.25) is 0 Å². The number of carbonyl (C=O) groups is 1. The Balaban J connectivity index is 1.48. The molecule has 2 heterocycles. The number of morpholine rings is 1. The molecule has 24 heavy (non-hydrogen) atoms. The van der Waals surface area contributed by atoms with E-state index < -0.39 is 0 Å². The van der Waals surface area contributed by atoms with Crippen LogP contribution >= 0.6 is 0 Å². The Morgan fingerprint density at radius 2 is 2.08 bits per heavy atom. The molecule has 1 saturated carbocycles. The standard InChI is InChI=1S/C19H29N3O2/c23-19(9-6-16-4-2-1-3-5-16)22-12-13-24-15-18(22)8-7-17-14-20-10-11-21-17/h10-11,14,16,18H,1-9,12-13,15H2/t18-/m0/s1. The lowest BCUT2D eigenvalue weighted by Crippen LogP contribution is -2.49. The monoisotopic (exact) mass is 331 g/mol. The van der Waals surface area contributed by atoms with Crippen LogP contribution < -0.4 is 0 Å². The molecule has 1 aromatic heterocycles. The first-order valence-corrected chi connectivity index (χ1v) is 9.45. The van der Waals surface area contributed by atoms with Crippen LogP contribution in [-0.2, 0) is 16.0 Å². The van der Waals surface area contributed by atoms with Crippen LogP contribution in [0.5, 0.6) is 0 Å². The van der Waals surface area contributed by atoms with Gasteiger partial charge in [-0.05, 0) is 25.2 Å². The zero-order valence-electron chi connectivity index (χ0n) is 14.5. The summed E-state index contributed by atoms with van der Waals surface area (Å²) in [6.07, 6.45) is 15.4. The minimum absolute atomic E-state index is 0.180. The SMILES string of the molecule is O=C(CCC1CCCCC1)N1CCOC[C@@H]1CCc1cnccn1. The van der Waals surface area contributed by atoms with Crippen molar-refractivity contribution < 1.29 is 9.53 Å². The first kappa shape index (κ1) is 17.3. The lowest BCUT2D eigenvalue weighted by Gasteiger charge is -2.36. The lowest BCUT2D eigenvalue weighted by molar-refractivity contribution is -0.140. The van der Waals surface area contributed by atoms with Gasteiger partial charge in [0.05, 0.1) is 24.9 Å². The smallest absolute Gasteiger partial charge is 0.222 e. The third kappa shape index (κ3) is 5.00. The maximum Gasteiger partial charge on any atom is 0.222 e. The van der Waals surface area contributed by atoms with E-state index in [1.165, 1.54) is 32.1 Å². The summed E-state index contributed by atoms with van der Waals surface area (Å²) in [6.45, 7) is 2.04. The molecule has 0 spiro atoms. The van der Waals surface area contributed by atoms with Crippen LogP contribution in [0.25, 0.3) is 0 Å². The molecule has 2 fully saturated rings. The molecule has 5 heteroatoms. The second-order valence-corrected chi connectivity index (χ2v) is 7.09. The third-order valence-corrected chi connectivity index (χ3v) is 5.39. The molecule has 0 radical (unpaired) electrons. The highest BCUT2D eigenvalue weighted by atomic mass is 16.5. The predicted octanol–water partition coefficient (Wildman–Crippen LogP) is 3.00. The fraction of sp³-hybridized carbons (Fsp3) is 0.737. The van der Waals surface area contributed by atoms with Crippen molar-refractivity contribution in [2.75, 3.05) is 19.8 Å². The maximum atomic E-state index is 12.7. The van der Waals surface area contributed by atoms with Crippen LogP contribution in [0.1, 0.15) is 57.1 Å². The van der Waals surface area contributed by atoms with Crippen molar-refractivity contribution in [2.24, 2.45) is 5.92 Å². The quantitative estimate of drug-likeness (QED) is 0.804. The highest BCUT2D eigenvalue weighted by Gasteiger charge is 2.27. The molecule has 1 aliphatic carbocycles. The number of hydrogen-bond donors (Lipinski definition) is 0. The fourth-order valence-corrected chi connectivity index (χ4v) is 3.94. The Morgan fingerprint density at radius 1 is 1.21 bits per heavy atom. The summed E-state index contributed by atoms with van der Waals surface area (Å²) in [7, 11) is 0. The topological polar surface area (TPSA) is 55.3 Å². The Labute approximate surface area is 144 Å². The summed E-state index contributed by atoms with van der Waals surface area (Å²) >= 11 is 0. The number of hydrogen-bond acceptors (Lipinski definition) is 4. The number of aryl methyl sites for hydroxylation is 1. The second kappa shape index (κ2) is 9.11. The van der Waals surface area contributed by atoms with Crippen molar-refractivity contribution in [1.29, 1.82) is 0 Å². The van der Waals surface area contributed by atoms with Crippen LogP contribution in [0.15, 0.2) is 18.6 Å². The van der Waals surface area contributed by atoms with Gasteiger partial charge in [0.2, 0.25) is 5.91 Å². The van der Waals surface area contributed by atoms with Crippen molar-refractivity contribution in [3.63, 3.8) is 0 Å². The first-order chi connectivity index (χ1) is 11.8. The largest absolute Gasteiger partial charge is 0.377 e. The fourth-order valence-electron chi connectivity index (χ4n) is 3.94. The van der Waals surface area contributed by atoms with E-state index in [1.54, 1.807) is 18.6 Å². The van der Waals surface area contributed by atoms with Gasteiger partial charge in [-0.15, -0.1) is 0 Å². The van der Waals surface area contributed by atoms with Crippen LogP contribution in [0.3, 0.4) is 0 Å². The lowest BCUT2D eigenvalue weighted by atomic mass is 9.86. The summed E-state index contributed by atoms with van der Waals surface area (Å²) in [5.41, 5.74) is 0.984. The van der Waals surface area contributed by atoms with Crippen LogP contribution in [0, 0.1) is 5.92 Å². The molecule has 1 saturated heterocycles. The summed E-state index contributed by atoms with van der Waals surface area (Å²) < 4.78 is 5.62. The van der Waals surface area contributed by atoms with E-state index in [-0.39, 0.29) is 6.04 Å². The van der Waals surface area contributed by atoms with Gasteiger partial charge in [-0.1, -0.05) is 32.1 Å². The number of aromatic nitrogens is 2.